The first-order valence-electron chi connectivity index (χ1n) is 8.49. The number of carbonyl (C=O) groups excluding carboxylic acids is 1. The smallest absolute Gasteiger partial charge is 0.255 e. The number of nitrogen functional groups attached to an aromatic ring is 1. The Balaban J connectivity index is 1.51. The number of benzene rings is 2. The molecule has 6 heteroatoms. The van der Waals surface area contributed by atoms with Gasteiger partial charge in [0.15, 0.2) is 0 Å². The lowest BCUT2D eigenvalue weighted by molar-refractivity contribution is 0.0951. The molecule has 27 heavy (non-hydrogen) atoms. The summed E-state index contributed by atoms with van der Waals surface area (Å²) in [7, 11) is 1.64. The van der Waals surface area contributed by atoms with Gasteiger partial charge in [-0.25, -0.2) is 4.98 Å². The highest BCUT2D eigenvalue weighted by Gasteiger charge is 2.09. The number of nitrogens with one attached hydrogen (secondary N) is 1. The van der Waals surface area contributed by atoms with Crippen molar-refractivity contribution in [1.29, 1.82) is 0 Å². The van der Waals surface area contributed by atoms with E-state index in [0.29, 0.717) is 18.7 Å². The van der Waals surface area contributed by atoms with Crippen molar-refractivity contribution in [3.8, 4) is 11.5 Å². The van der Waals surface area contributed by atoms with Crippen LogP contribution in [0.15, 0.2) is 66.9 Å². The van der Waals surface area contributed by atoms with Crippen molar-refractivity contribution >= 4 is 11.7 Å². The van der Waals surface area contributed by atoms with E-state index in [1.165, 1.54) is 0 Å². The van der Waals surface area contributed by atoms with Gasteiger partial charge in [-0.2, -0.15) is 0 Å². The van der Waals surface area contributed by atoms with E-state index in [-0.39, 0.29) is 11.7 Å². The summed E-state index contributed by atoms with van der Waals surface area (Å²) >= 11 is 0. The summed E-state index contributed by atoms with van der Waals surface area (Å²) in [6.07, 6.45) is 1.55. The molecule has 3 N–H and O–H groups in total. The van der Waals surface area contributed by atoms with Gasteiger partial charge in [-0.05, 0) is 47.5 Å². The average molecular weight is 363 g/mol. The number of rotatable bonds is 7. The van der Waals surface area contributed by atoms with Crippen LogP contribution in [0.5, 0.6) is 11.5 Å². The molecule has 0 aliphatic carbocycles. The molecule has 138 valence electrons. The summed E-state index contributed by atoms with van der Waals surface area (Å²) < 4.78 is 10.9. The van der Waals surface area contributed by atoms with Crippen molar-refractivity contribution in [3.63, 3.8) is 0 Å². The number of aromatic nitrogens is 1. The normalized spacial score (nSPS) is 10.3. The van der Waals surface area contributed by atoms with Gasteiger partial charge in [0.2, 0.25) is 0 Å². The molecular formula is C21H21N3O3. The van der Waals surface area contributed by atoms with E-state index in [1.807, 2.05) is 48.5 Å². The number of anilines is 1. The molecule has 0 saturated heterocycles. The molecule has 1 amide bonds. The second kappa shape index (κ2) is 8.71. The Kier molecular flexibility index (Phi) is 5.89. The zero-order chi connectivity index (χ0) is 19.1. The summed E-state index contributed by atoms with van der Waals surface area (Å²) in [5.74, 6) is 1.55. The summed E-state index contributed by atoms with van der Waals surface area (Å²) in [6, 6.07) is 18.6. The number of amides is 1. The fourth-order valence-electron chi connectivity index (χ4n) is 2.48. The van der Waals surface area contributed by atoms with Crippen molar-refractivity contribution in [2.45, 2.75) is 13.2 Å². The second-order valence-electron chi connectivity index (χ2n) is 5.90. The first-order valence-corrected chi connectivity index (χ1v) is 8.49. The monoisotopic (exact) mass is 363 g/mol. The van der Waals surface area contributed by atoms with E-state index in [0.717, 1.165) is 22.6 Å². The standard InChI is InChI=1S/C21H21N3O3/c1-26-17-8-6-16(7-9-17)14-27-18-10-4-15(5-11-18)13-24-21(25)19-3-2-12-23-20(19)22/h2-12H,13-14H2,1H3,(H2,22,23)(H,24,25). The number of nitrogens with zero attached hydrogens (tertiary/aromatic N) is 1. The molecule has 0 fully saturated rings. The van der Waals surface area contributed by atoms with Crippen LogP contribution in [0.1, 0.15) is 21.5 Å². The lowest BCUT2D eigenvalue weighted by Crippen LogP contribution is -2.24. The zero-order valence-corrected chi connectivity index (χ0v) is 15.0. The highest BCUT2D eigenvalue weighted by atomic mass is 16.5. The Labute approximate surface area is 158 Å². The van der Waals surface area contributed by atoms with E-state index >= 15 is 0 Å². The Morgan fingerprint density at radius 3 is 2.33 bits per heavy atom. The Morgan fingerprint density at radius 2 is 1.67 bits per heavy atom. The molecule has 0 unspecified atom stereocenters. The molecule has 1 heterocycles. The lowest BCUT2D eigenvalue weighted by Gasteiger charge is -2.09. The van der Waals surface area contributed by atoms with Gasteiger partial charge in [0.1, 0.15) is 23.9 Å². The zero-order valence-electron chi connectivity index (χ0n) is 15.0. The summed E-state index contributed by atoms with van der Waals surface area (Å²) in [5.41, 5.74) is 8.10. The number of hydrogen-bond donors (Lipinski definition) is 2. The quantitative estimate of drug-likeness (QED) is 0.673. The maximum Gasteiger partial charge on any atom is 0.255 e. The number of nitrogens with two attached hydrogens (primary N) is 1. The Hall–Kier alpha value is -3.54. The van der Waals surface area contributed by atoms with E-state index in [2.05, 4.69) is 10.3 Å². The van der Waals surface area contributed by atoms with Crippen LogP contribution in [0, 0.1) is 0 Å². The van der Waals surface area contributed by atoms with Crippen LogP contribution in [0.25, 0.3) is 0 Å². The van der Waals surface area contributed by atoms with Crippen LogP contribution in [-0.2, 0) is 13.2 Å². The SMILES string of the molecule is COc1ccc(COc2ccc(CNC(=O)c3cccnc3N)cc2)cc1. The van der Waals surface area contributed by atoms with E-state index in [1.54, 1.807) is 25.4 Å². The van der Waals surface area contributed by atoms with E-state index in [4.69, 9.17) is 15.2 Å². The molecule has 0 aliphatic heterocycles. The molecule has 0 aliphatic rings. The summed E-state index contributed by atoms with van der Waals surface area (Å²) in [5, 5.41) is 2.83. The van der Waals surface area contributed by atoms with Crippen molar-refractivity contribution in [3.05, 3.63) is 83.6 Å². The highest BCUT2D eigenvalue weighted by Crippen LogP contribution is 2.16. The molecule has 3 rings (SSSR count). The maximum atomic E-state index is 12.1. The van der Waals surface area contributed by atoms with Crippen molar-refractivity contribution in [2.75, 3.05) is 12.8 Å². The molecule has 1 aromatic heterocycles. The third kappa shape index (κ3) is 4.98. The van der Waals surface area contributed by atoms with Crippen LogP contribution >= 0.6 is 0 Å². The number of ether oxygens (including phenoxy) is 2. The fraction of sp³-hybridized carbons (Fsp3) is 0.143. The molecule has 0 spiro atoms. The largest absolute Gasteiger partial charge is 0.497 e. The number of methoxy groups -OCH3 is 1. The summed E-state index contributed by atoms with van der Waals surface area (Å²) in [6.45, 7) is 0.867. The first-order chi connectivity index (χ1) is 13.2. The molecule has 6 nitrogen and oxygen atoms in total. The molecule has 0 atom stereocenters. The van der Waals surface area contributed by atoms with Gasteiger partial charge in [0.05, 0.1) is 12.7 Å². The van der Waals surface area contributed by atoms with Gasteiger partial charge < -0.3 is 20.5 Å². The van der Waals surface area contributed by atoms with Gasteiger partial charge in [0, 0.05) is 12.7 Å². The number of carbonyl (C=O) groups is 1. The van der Waals surface area contributed by atoms with Gasteiger partial charge in [-0.15, -0.1) is 0 Å². The van der Waals surface area contributed by atoms with Crippen LogP contribution in [-0.4, -0.2) is 18.0 Å². The van der Waals surface area contributed by atoms with Crippen LogP contribution in [0.2, 0.25) is 0 Å². The van der Waals surface area contributed by atoms with Crippen LogP contribution in [0.3, 0.4) is 0 Å². The highest BCUT2D eigenvalue weighted by molar-refractivity contribution is 5.98. The Bertz CT molecular complexity index is 893. The van der Waals surface area contributed by atoms with Crippen molar-refractivity contribution in [2.24, 2.45) is 0 Å². The number of hydrogen-bond acceptors (Lipinski definition) is 5. The minimum absolute atomic E-state index is 0.220. The maximum absolute atomic E-state index is 12.1. The predicted octanol–water partition coefficient (Wildman–Crippen LogP) is 3.18. The van der Waals surface area contributed by atoms with E-state index < -0.39 is 0 Å². The second-order valence-corrected chi connectivity index (χ2v) is 5.90. The van der Waals surface area contributed by atoms with Gasteiger partial charge in [-0.3, -0.25) is 4.79 Å². The van der Waals surface area contributed by atoms with Gasteiger partial charge in [0.25, 0.3) is 5.91 Å². The molecule has 0 bridgehead atoms. The van der Waals surface area contributed by atoms with Crippen molar-refractivity contribution < 1.29 is 14.3 Å². The third-order valence-corrected chi connectivity index (χ3v) is 4.02. The summed E-state index contributed by atoms with van der Waals surface area (Å²) in [4.78, 5) is 16.1. The molecular weight excluding hydrogens is 342 g/mol. The topological polar surface area (TPSA) is 86.5 Å². The van der Waals surface area contributed by atoms with Gasteiger partial charge >= 0.3 is 0 Å². The van der Waals surface area contributed by atoms with E-state index in [9.17, 15) is 4.79 Å². The average Bonchev–Trinajstić information content (AvgIpc) is 2.72. The van der Waals surface area contributed by atoms with Crippen LogP contribution in [0.4, 0.5) is 5.82 Å². The fourth-order valence-corrected chi connectivity index (χ4v) is 2.48. The first kappa shape index (κ1) is 18.3. The Morgan fingerprint density at radius 1 is 1.00 bits per heavy atom. The number of pyridine rings is 1. The van der Waals surface area contributed by atoms with Crippen LogP contribution < -0.4 is 20.5 Å². The molecule has 0 saturated carbocycles. The minimum Gasteiger partial charge on any atom is -0.497 e. The van der Waals surface area contributed by atoms with Crippen molar-refractivity contribution in [1.82, 2.24) is 10.3 Å². The predicted molar refractivity (Wildman–Crippen MR) is 104 cm³/mol. The molecule has 3 aromatic rings. The molecule has 2 aromatic carbocycles. The van der Waals surface area contributed by atoms with Gasteiger partial charge in [-0.1, -0.05) is 24.3 Å². The molecule has 0 radical (unpaired) electrons. The lowest BCUT2D eigenvalue weighted by atomic mass is 10.2. The third-order valence-electron chi connectivity index (χ3n) is 4.02. The minimum atomic E-state index is -0.250.